The molecule has 1 saturated heterocycles. The fraction of sp³-hybridized carbons (Fsp3) is 0.462. The highest BCUT2D eigenvalue weighted by atomic mass is 79.9. The predicted octanol–water partition coefficient (Wildman–Crippen LogP) is 3.97. The summed E-state index contributed by atoms with van der Waals surface area (Å²) in [6.07, 6.45) is 2.31. The van der Waals surface area contributed by atoms with Crippen molar-refractivity contribution < 1.29 is 4.79 Å². The van der Waals surface area contributed by atoms with E-state index in [1.807, 2.05) is 17.0 Å². The molecule has 1 aliphatic rings. The molecule has 1 atom stereocenters. The maximum atomic E-state index is 12.3. The van der Waals surface area contributed by atoms with Gasteiger partial charge in [0.25, 0.3) is 5.91 Å². The molecule has 0 radical (unpaired) electrons. The maximum absolute atomic E-state index is 12.3. The second-order valence-electron chi connectivity index (χ2n) is 4.63. The number of carbonyl (C=O) groups is 1. The third-order valence-corrected chi connectivity index (χ3v) is 4.34. The molecule has 2 rings (SSSR count). The Balaban J connectivity index is 2.15. The normalized spacial score (nSPS) is 20.4. The molecule has 1 unspecified atom stereocenters. The number of amides is 1. The summed E-state index contributed by atoms with van der Waals surface area (Å²) in [5.41, 5.74) is 0.673. The van der Waals surface area contributed by atoms with Gasteiger partial charge in [-0.2, -0.15) is 0 Å². The summed E-state index contributed by atoms with van der Waals surface area (Å²) < 4.78 is 0.822. The van der Waals surface area contributed by atoms with Gasteiger partial charge in [-0.3, -0.25) is 4.79 Å². The predicted molar refractivity (Wildman–Crippen MR) is 73.5 cm³/mol. The zero-order valence-electron chi connectivity index (χ0n) is 9.75. The number of nitrogens with zero attached hydrogens (tertiary/aromatic N) is 1. The van der Waals surface area contributed by atoms with Crippen molar-refractivity contribution in [3.63, 3.8) is 0 Å². The Hall–Kier alpha value is -0.540. The zero-order valence-corrected chi connectivity index (χ0v) is 12.1. The third-order valence-electron chi connectivity index (χ3n) is 3.11. The van der Waals surface area contributed by atoms with Crippen LogP contribution in [0.3, 0.4) is 0 Å². The second-order valence-corrected chi connectivity index (χ2v) is 5.89. The van der Waals surface area contributed by atoms with Gasteiger partial charge in [0.15, 0.2) is 0 Å². The van der Waals surface area contributed by atoms with E-state index in [0.29, 0.717) is 16.5 Å². The maximum Gasteiger partial charge on any atom is 0.253 e. The number of likely N-dealkylation sites (tertiary alicyclic amines) is 1. The van der Waals surface area contributed by atoms with E-state index < -0.39 is 0 Å². The smallest absolute Gasteiger partial charge is 0.253 e. The number of carbonyl (C=O) groups excluding carboxylic acids is 1. The van der Waals surface area contributed by atoms with Gasteiger partial charge < -0.3 is 4.90 Å². The van der Waals surface area contributed by atoms with Crippen molar-refractivity contribution in [2.75, 3.05) is 13.1 Å². The van der Waals surface area contributed by atoms with Crippen molar-refractivity contribution in [1.29, 1.82) is 0 Å². The summed E-state index contributed by atoms with van der Waals surface area (Å²) in [6, 6.07) is 5.37. The first-order valence-corrected chi connectivity index (χ1v) is 6.99. The first kappa shape index (κ1) is 12.9. The topological polar surface area (TPSA) is 20.3 Å². The van der Waals surface area contributed by atoms with Crippen LogP contribution >= 0.6 is 27.5 Å². The molecule has 0 bridgehead atoms. The summed E-state index contributed by atoms with van der Waals surface area (Å²) in [7, 11) is 0. The molecule has 1 aliphatic heterocycles. The number of hydrogen-bond donors (Lipinski definition) is 0. The van der Waals surface area contributed by atoms with Crippen LogP contribution in [0.2, 0.25) is 5.02 Å². The van der Waals surface area contributed by atoms with E-state index in [0.717, 1.165) is 24.0 Å². The summed E-state index contributed by atoms with van der Waals surface area (Å²) in [5.74, 6) is 0.685. The van der Waals surface area contributed by atoms with Crippen LogP contribution in [-0.2, 0) is 0 Å². The van der Waals surface area contributed by atoms with Crippen molar-refractivity contribution in [3.05, 3.63) is 33.3 Å². The Morgan fingerprint density at radius 3 is 2.94 bits per heavy atom. The standard InChI is InChI=1S/C13H15BrClNO/c1-9-3-2-6-16(8-9)13(17)10-4-5-11(14)12(15)7-10/h4-5,7,9H,2-3,6,8H2,1H3. The van der Waals surface area contributed by atoms with Gasteiger partial charge in [0.2, 0.25) is 0 Å². The van der Waals surface area contributed by atoms with E-state index in [1.54, 1.807) is 6.07 Å². The minimum absolute atomic E-state index is 0.0888. The molecule has 1 fully saturated rings. The fourth-order valence-corrected chi connectivity index (χ4v) is 2.61. The molecule has 2 nitrogen and oxygen atoms in total. The van der Waals surface area contributed by atoms with Gasteiger partial charge in [0.1, 0.15) is 0 Å². The van der Waals surface area contributed by atoms with Crippen LogP contribution in [0.25, 0.3) is 0 Å². The van der Waals surface area contributed by atoms with Crippen molar-refractivity contribution in [1.82, 2.24) is 4.90 Å². The van der Waals surface area contributed by atoms with Crippen molar-refractivity contribution in [3.8, 4) is 0 Å². The van der Waals surface area contributed by atoms with Crippen LogP contribution in [0.5, 0.6) is 0 Å². The largest absolute Gasteiger partial charge is 0.338 e. The monoisotopic (exact) mass is 315 g/mol. The molecule has 0 spiro atoms. The molecule has 1 heterocycles. The van der Waals surface area contributed by atoms with Crippen molar-refractivity contribution in [2.24, 2.45) is 5.92 Å². The molecule has 0 aromatic heterocycles. The highest BCUT2D eigenvalue weighted by Crippen LogP contribution is 2.25. The Morgan fingerprint density at radius 1 is 1.53 bits per heavy atom. The van der Waals surface area contributed by atoms with E-state index in [4.69, 9.17) is 11.6 Å². The van der Waals surface area contributed by atoms with Gasteiger partial charge in [-0.15, -0.1) is 0 Å². The van der Waals surface area contributed by atoms with Crippen LogP contribution in [0.4, 0.5) is 0 Å². The molecule has 0 N–H and O–H groups in total. The summed E-state index contributed by atoms with van der Waals surface area (Å²) >= 11 is 9.34. The Morgan fingerprint density at radius 2 is 2.29 bits per heavy atom. The van der Waals surface area contributed by atoms with Crippen LogP contribution < -0.4 is 0 Å². The zero-order chi connectivity index (χ0) is 12.4. The van der Waals surface area contributed by atoms with E-state index in [-0.39, 0.29) is 5.91 Å². The van der Waals surface area contributed by atoms with Crippen LogP contribution in [0.15, 0.2) is 22.7 Å². The summed E-state index contributed by atoms with van der Waals surface area (Å²) in [6.45, 7) is 3.90. The SMILES string of the molecule is CC1CCCN(C(=O)c2ccc(Br)c(Cl)c2)C1. The van der Waals surface area contributed by atoms with Gasteiger partial charge in [-0.05, 0) is 52.9 Å². The molecule has 1 amide bonds. The molecule has 0 saturated carbocycles. The lowest BCUT2D eigenvalue weighted by molar-refractivity contribution is 0.0683. The van der Waals surface area contributed by atoms with Crippen LogP contribution in [0, 0.1) is 5.92 Å². The van der Waals surface area contributed by atoms with Gasteiger partial charge in [0, 0.05) is 23.1 Å². The Kier molecular flexibility index (Phi) is 4.10. The molecule has 1 aromatic rings. The van der Waals surface area contributed by atoms with Crippen molar-refractivity contribution in [2.45, 2.75) is 19.8 Å². The summed E-state index contributed by atoms with van der Waals surface area (Å²) in [5, 5.41) is 0.584. The highest BCUT2D eigenvalue weighted by molar-refractivity contribution is 9.10. The van der Waals surface area contributed by atoms with E-state index in [9.17, 15) is 4.79 Å². The number of benzene rings is 1. The summed E-state index contributed by atoms with van der Waals surface area (Å²) in [4.78, 5) is 14.2. The Labute approximate surface area is 115 Å². The van der Waals surface area contributed by atoms with E-state index in [2.05, 4.69) is 22.9 Å². The molecule has 1 aromatic carbocycles. The Bertz CT molecular complexity index is 435. The molecule has 4 heteroatoms. The quantitative estimate of drug-likeness (QED) is 0.767. The van der Waals surface area contributed by atoms with Gasteiger partial charge in [-0.25, -0.2) is 0 Å². The molecular weight excluding hydrogens is 302 g/mol. The lowest BCUT2D eigenvalue weighted by atomic mass is 9.99. The molecule has 17 heavy (non-hydrogen) atoms. The fourth-order valence-electron chi connectivity index (χ4n) is 2.19. The van der Waals surface area contributed by atoms with Crippen LogP contribution in [-0.4, -0.2) is 23.9 Å². The molecule has 92 valence electrons. The van der Waals surface area contributed by atoms with E-state index >= 15 is 0 Å². The van der Waals surface area contributed by atoms with Crippen molar-refractivity contribution >= 4 is 33.4 Å². The van der Waals surface area contributed by atoms with Gasteiger partial charge in [-0.1, -0.05) is 18.5 Å². The number of rotatable bonds is 1. The highest BCUT2D eigenvalue weighted by Gasteiger charge is 2.22. The van der Waals surface area contributed by atoms with Crippen LogP contribution in [0.1, 0.15) is 30.1 Å². The number of halogens is 2. The average Bonchev–Trinajstić information content (AvgIpc) is 2.32. The van der Waals surface area contributed by atoms with Gasteiger partial charge >= 0.3 is 0 Å². The average molecular weight is 317 g/mol. The lowest BCUT2D eigenvalue weighted by Gasteiger charge is -2.31. The minimum Gasteiger partial charge on any atom is -0.338 e. The van der Waals surface area contributed by atoms with Gasteiger partial charge in [0.05, 0.1) is 5.02 Å². The first-order valence-electron chi connectivity index (χ1n) is 5.82. The molecular formula is C13H15BrClNO. The minimum atomic E-state index is 0.0888. The number of hydrogen-bond acceptors (Lipinski definition) is 1. The second kappa shape index (κ2) is 5.40. The third kappa shape index (κ3) is 3.02. The first-order chi connectivity index (χ1) is 8.08. The van der Waals surface area contributed by atoms with E-state index in [1.165, 1.54) is 6.42 Å². The lowest BCUT2D eigenvalue weighted by Crippen LogP contribution is -2.39. The molecule has 0 aliphatic carbocycles. The number of piperidine rings is 1.